The third kappa shape index (κ3) is 3.91. The van der Waals surface area contributed by atoms with Gasteiger partial charge in [-0.25, -0.2) is 0 Å². The molecule has 1 saturated carbocycles. The van der Waals surface area contributed by atoms with Crippen molar-refractivity contribution in [1.82, 2.24) is 4.90 Å². The van der Waals surface area contributed by atoms with Gasteiger partial charge in [-0.05, 0) is 25.5 Å². The summed E-state index contributed by atoms with van der Waals surface area (Å²) in [5.41, 5.74) is 1.76. The summed E-state index contributed by atoms with van der Waals surface area (Å²) in [7, 11) is 0. The molecule has 2 fully saturated rings. The maximum atomic E-state index is 12.2. The molecule has 1 amide bonds. The topological polar surface area (TPSA) is 84.7 Å². The lowest BCUT2D eigenvalue weighted by Crippen LogP contribution is -2.44. The molecule has 1 aliphatic heterocycles. The Hall–Kier alpha value is -1.99. The van der Waals surface area contributed by atoms with Crippen LogP contribution < -0.4 is 5.32 Å². The van der Waals surface area contributed by atoms with Gasteiger partial charge in [0.05, 0.1) is 12.2 Å². The number of amides is 1. The molecule has 130 valence electrons. The van der Waals surface area contributed by atoms with E-state index in [1.54, 1.807) is 0 Å². The van der Waals surface area contributed by atoms with E-state index in [-0.39, 0.29) is 23.0 Å². The average Bonchev–Trinajstić information content (AvgIpc) is 3.29. The second-order valence-electron chi connectivity index (χ2n) is 6.79. The lowest BCUT2D eigenvalue weighted by Gasteiger charge is -2.35. The number of carbonyl (C=O) groups excluding carboxylic acids is 1. The van der Waals surface area contributed by atoms with Gasteiger partial charge in [0.25, 0.3) is 0 Å². The second-order valence-corrected chi connectivity index (χ2v) is 6.79. The molecule has 1 N–H and O–H groups in total. The van der Waals surface area contributed by atoms with E-state index in [0.29, 0.717) is 6.42 Å². The minimum absolute atomic E-state index is 0.183. The summed E-state index contributed by atoms with van der Waals surface area (Å²) in [6, 6.07) is 6.91. The number of nitrogens with zero attached hydrogens (tertiary/aromatic N) is 2. The van der Waals surface area contributed by atoms with Crippen LogP contribution in [-0.2, 0) is 16.1 Å². The number of anilines is 1. The minimum Gasteiger partial charge on any atom is -0.373 e. The number of hydrogen-bond donors (Lipinski definition) is 1. The Morgan fingerprint density at radius 1 is 1.33 bits per heavy atom. The molecule has 24 heavy (non-hydrogen) atoms. The molecule has 1 heterocycles. The number of nitro groups is 1. The number of rotatable bonds is 5. The molecule has 4 atom stereocenters. The van der Waals surface area contributed by atoms with Gasteiger partial charge in [0.1, 0.15) is 5.92 Å². The molecule has 0 unspecified atom stereocenters. The Morgan fingerprint density at radius 2 is 2.00 bits per heavy atom. The molecule has 7 heteroatoms. The zero-order valence-corrected chi connectivity index (χ0v) is 14.0. The number of para-hydroxylation sites is 1. The van der Waals surface area contributed by atoms with E-state index in [9.17, 15) is 14.9 Å². The van der Waals surface area contributed by atoms with Crippen molar-refractivity contribution < 1.29 is 14.5 Å². The van der Waals surface area contributed by atoms with Gasteiger partial charge in [0.2, 0.25) is 11.9 Å². The number of benzene rings is 1. The second kappa shape index (κ2) is 6.86. The third-order valence-corrected chi connectivity index (χ3v) is 4.53. The standard InChI is InChI=1S/C17H23N3O4/c1-11-8-19(9-12(2)24-11)10-13-5-3-4-6-15(13)18-17(21)14-7-16(14)20(22)23/h3-6,11-12,14,16H,7-10H2,1-2H3,(H,18,21)/t11-,12+,14-,16+/m1/s1. The molecule has 7 nitrogen and oxygen atoms in total. The van der Waals surface area contributed by atoms with Gasteiger partial charge in [-0.2, -0.15) is 0 Å². The fourth-order valence-corrected chi connectivity index (χ4v) is 3.36. The van der Waals surface area contributed by atoms with Crippen molar-refractivity contribution in [2.24, 2.45) is 5.92 Å². The first kappa shape index (κ1) is 16.9. The first-order chi connectivity index (χ1) is 11.4. The van der Waals surface area contributed by atoms with Crippen molar-refractivity contribution in [3.63, 3.8) is 0 Å². The highest BCUT2D eigenvalue weighted by Gasteiger charge is 2.53. The van der Waals surface area contributed by atoms with Gasteiger partial charge in [-0.3, -0.25) is 19.8 Å². The highest BCUT2D eigenvalue weighted by molar-refractivity contribution is 5.95. The van der Waals surface area contributed by atoms with Gasteiger partial charge in [-0.15, -0.1) is 0 Å². The predicted octanol–water partition coefficient (Wildman–Crippen LogP) is 1.90. The summed E-state index contributed by atoms with van der Waals surface area (Å²) in [6.45, 7) is 6.53. The first-order valence-electron chi connectivity index (χ1n) is 8.34. The van der Waals surface area contributed by atoms with Gasteiger partial charge in [-0.1, -0.05) is 18.2 Å². The van der Waals surface area contributed by atoms with E-state index >= 15 is 0 Å². The quantitative estimate of drug-likeness (QED) is 0.657. The van der Waals surface area contributed by atoms with Crippen LogP contribution in [0.3, 0.4) is 0 Å². The van der Waals surface area contributed by atoms with Gasteiger partial charge in [0.15, 0.2) is 0 Å². The van der Waals surface area contributed by atoms with E-state index in [1.807, 2.05) is 24.3 Å². The molecular weight excluding hydrogens is 310 g/mol. The number of hydrogen-bond acceptors (Lipinski definition) is 5. The Kier molecular flexibility index (Phi) is 4.82. The monoisotopic (exact) mass is 333 g/mol. The smallest absolute Gasteiger partial charge is 0.234 e. The van der Waals surface area contributed by atoms with Crippen LogP contribution in [0.25, 0.3) is 0 Å². The van der Waals surface area contributed by atoms with Crippen molar-refractivity contribution in [3.05, 3.63) is 39.9 Å². The number of nitrogens with one attached hydrogen (secondary N) is 1. The van der Waals surface area contributed by atoms with Crippen LogP contribution in [0.2, 0.25) is 0 Å². The van der Waals surface area contributed by atoms with Crippen LogP contribution >= 0.6 is 0 Å². The summed E-state index contributed by atoms with van der Waals surface area (Å²) < 4.78 is 5.75. The molecule has 1 aliphatic carbocycles. The lowest BCUT2D eigenvalue weighted by atomic mass is 10.1. The fourth-order valence-electron chi connectivity index (χ4n) is 3.36. The zero-order chi connectivity index (χ0) is 17.3. The van der Waals surface area contributed by atoms with E-state index in [4.69, 9.17) is 4.74 Å². The summed E-state index contributed by atoms with van der Waals surface area (Å²) in [6.07, 6.45) is 0.699. The van der Waals surface area contributed by atoms with Crippen molar-refractivity contribution in [1.29, 1.82) is 0 Å². The third-order valence-electron chi connectivity index (χ3n) is 4.53. The molecule has 3 rings (SSSR count). The molecule has 0 spiro atoms. The average molecular weight is 333 g/mol. The van der Waals surface area contributed by atoms with E-state index < -0.39 is 12.0 Å². The Bertz CT molecular complexity index is 626. The molecule has 1 aromatic carbocycles. The number of carbonyl (C=O) groups is 1. The summed E-state index contributed by atoms with van der Waals surface area (Å²) in [5, 5.41) is 13.6. The fraction of sp³-hybridized carbons (Fsp3) is 0.588. The van der Waals surface area contributed by atoms with Gasteiger partial charge < -0.3 is 10.1 Å². The molecule has 0 radical (unpaired) electrons. The highest BCUT2D eigenvalue weighted by atomic mass is 16.6. The van der Waals surface area contributed by atoms with E-state index in [0.717, 1.165) is 30.9 Å². The molecule has 0 aromatic heterocycles. The summed E-state index contributed by atoms with van der Waals surface area (Å²) >= 11 is 0. The zero-order valence-electron chi connectivity index (χ0n) is 14.0. The van der Waals surface area contributed by atoms with Crippen molar-refractivity contribution in [3.8, 4) is 0 Å². The summed E-state index contributed by atoms with van der Waals surface area (Å²) in [4.78, 5) is 24.9. The Labute approximate surface area is 141 Å². The Morgan fingerprint density at radius 3 is 2.62 bits per heavy atom. The first-order valence-corrected chi connectivity index (χ1v) is 8.34. The van der Waals surface area contributed by atoms with Crippen LogP contribution in [0.15, 0.2) is 24.3 Å². The van der Waals surface area contributed by atoms with Crippen molar-refractivity contribution in [2.75, 3.05) is 18.4 Å². The molecule has 0 bridgehead atoms. The molecule has 1 saturated heterocycles. The van der Waals surface area contributed by atoms with Gasteiger partial charge in [0, 0.05) is 36.7 Å². The normalized spacial score (nSPS) is 29.9. The van der Waals surface area contributed by atoms with Crippen molar-refractivity contribution >= 4 is 11.6 Å². The van der Waals surface area contributed by atoms with Crippen LogP contribution in [-0.4, -0.2) is 47.1 Å². The largest absolute Gasteiger partial charge is 0.373 e. The number of ether oxygens (including phenoxy) is 1. The summed E-state index contributed by atoms with van der Waals surface area (Å²) in [5.74, 6) is -0.760. The van der Waals surface area contributed by atoms with E-state index in [1.165, 1.54) is 0 Å². The molecule has 1 aromatic rings. The van der Waals surface area contributed by atoms with Crippen LogP contribution in [0.1, 0.15) is 25.8 Å². The van der Waals surface area contributed by atoms with Crippen LogP contribution in [0.5, 0.6) is 0 Å². The van der Waals surface area contributed by atoms with Gasteiger partial charge >= 0.3 is 0 Å². The highest BCUT2D eigenvalue weighted by Crippen LogP contribution is 2.34. The van der Waals surface area contributed by atoms with Crippen LogP contribution in [0, 0.1) is 16.0 Å². The lowest BCUT2D eigenvalue weighted by molar-refractivity contribution is -0.497. The maximum Gasteiger partial charge on any atom is 0.234 e. The van der Waals surface area contributed by atoms with E-state index in [2.05, 4.69) is 24.1 Å². The molecular formula is C17H23N3O4. The maximum absolute atomic E-state index is 12.2. The van der Waals surface area contributed by atoms with Crippen LogP contribution in [0.4, 0.5) is 5.69 Å². The SMILES string of the molecule is C[C@@H]1CN(Cc2ccccc2NC(=O)[C@@H]2C[C@@H]2[N+](=O)[O-])C[C@H](C)O1. The number of morpholine rings is 1. The van der Waals surface area contributed by atoms with Crippen molar-refractivity contribution in [2.45, 2.75) is 45.1 Å². The predicted molar refractivity (Wildman–Crippen MR) is 89.2 cm³/mol. The Balaban J connectivity index is 1.65. The molecule has 2 aliphatic rings. The minimum atomic E-state index is -0.724.